The molecule has 5 heteroatoms. The Hall–Kier alpha value is -2.40. The van der Waals surface area contributed by atoms with E-state index < -0.39 is 0 Å². The molecular weight excluding hydrogens is 240 g/mol. The normalized spacial score (nSPS) is 10.8. The van der Waals surface area contributed by atoms with Crippen LogP contribution in [0.15, 0.2) is 48.9 Å². The predicted molar refractivity (Wildman–Crippen MR) is 74.0 cm³/mol. The molecule has 0 fully saturated rings. The van der Waals surface area contributed by atoms with Crippen molar-refractivity contribution >= 4 is 11.5 Å². The molecule has 0 unspecified atom stereocenters. The van der Waals surface area contributed by atoms with Gasteiger partial charge in [0.15, 0.2) is 11.5 Å². The summed E-state index contributed by atoms with van der Waals surface area (Å²) in [6, 6.07) is 9.97. The lowest BCUT2D eigenvalue weighted by molar-refractivity contribution is 0.311. The van der Waals surface area contributed by atoms with Crippen LogP contribution >= 0.6 is 0 Å². The van der Waals surface area contributed by atoms with Crippen LogP contribution in [0, 0.1) is 0 Å². The first kappa shape index (κ1) is 11.7. The number of nitrogens with one attached hydrogen (secondary N) is 1. The number of hydrogen-bond donors (Lipinski definition) is 2. The summed E-state index contributed by atoms with van der Waals surface area (Å²) in [4.78, 5) is 8.84. The Morgan fingerprint density at radius 1 is 1.21 bits per heavy atom. The molecule has 2 N–H and O–H groups in total. The van der Waals surface area contributed by atoms with Gasteiger partial charge in [0.05, 0.1) is 12.3 Å². The molecule has 3 aromatic rings. The molecule has 0 saturated carbocycles. The third-order valence-corrected chi connectivity index (χ3v) is 2.85. The van der Waals surface area contributed by atoms with Crippen LogP contribution in [0.5, 0.6) is 0 Å². The Labute approximate surface area is 110 Å². The van der Waals surface area contributed by atoms with Gasteiger partial charge in [0.1, 0.15) is 0 Å². The lowest BCUT2D eigenvalue weighted by Gasteiger charge is -2.08. The fraction of sp³-hybridized carbons (Fsp3) is 0.143. The van der Waals surface area contributed by atoms with E-state index in [0.717, 1.165) is 16.9 Å². The summed E-state index contributed by atoms with van der Waals surface area (Å²) in [5.41, 5.74) is 2.67. The highest BCUT2D eigenvalue weighted by Crippen LogP contribution is 2.21. The molecule has 3 rings (SSSR count). The zero-order valence-electron chi connectivity index (χ0n) is 10.3. The highest BCUT2D eigenvalue weighted by Gasteiger charge is 2.08. The van der Waals surface area contributed by atoms with E-state index >= 15 is 0 Å². The second-order valence-electron chi connectivity index (χ2n) is 4.15. The summed E-state index contributed by atoms with van der Waals surface area (Å²) in [6.07, 6.45) is 5.56. The summed E-state index contributed by atoms with van der Waals surface area (Å²) in [5.74, 6) is 0.681. The van der Waals surface area contributed by atoms with Crippen LogP contribution in [0.25, 0.3) is 16.9 Å². The maximum absolute atomic E-state index is 8.92. The highest BCUT2D eigenvalue weighted by atomic mass is 16.3. The average Bonchev–Trinajstić information content (AvgIpc) is 2.94. The zero-order valence-corrected chi connectivity index (χ0v) is 10.3. The van der Waals surface area contributed by atoms with E-state index in [-0.39, 0.29) is 6.61 Å². The number of benzene rings is 1. The Balaban J connectivity index is 2.11. The predicted octanol–water partition coefficient (Wildman–Crippen LogP) is 1.80. The van der Waals surface area contributed by atoms with Crippen molar-refractivity contribution in [2.75, 3.05) is 18.5 Å². The molecule has 19 heavy (non-hydrogen) atoms. The first-order valence-corrected chi connectivity index (χ1v) is 6.12. The number of rotatable bonds is 4. The van der Waals surface area contributed by atoms with Crippen molar-refractivity contribution < 1.29 is 5.11 Å². The maximum Gasteiger partial charge on any atom is 0.180 e. The van der Waals surface area contributed by atoms with Gasteiger partial charge in [-0.15, -0.1) is 0 Å². The largest absolute Gasteiger partial charge is 0.395 e. The van der Waals surface area contributed by atoms with Gasteiger partial charge in [0.2, 0.25) is 0 Å². The quantitative estimate of drug-likeness (QED) is 0.745. The van der Waals surface area contributed by atoms with Gasteiger partial charge in [-0.1, -0.05) is 30.3 Å². The van der Waals surface area contributed by atoms with Crippen LogP contribution in [0.2, 0.25) is 0 Å². The third kappa shape index (κ3) is 2.28. The van der Waals surface area contributed by atoms with E-state index in [4.69, 9.17) is 5.11 Å². The summed E-state index contributed by atoms with van der Waals surface area (Å²) < 4.78 is 1.93. The number of aliphatic hydroxyl groups excluding tert-OH is 1. The van der Waals surface area contributed by atoms with Gasteiger partial charge >= 0.3 is 0 Å². The molecular formula is C14H14N4O. The molecule has 0 amide bonds. The second-order valence-corrected chi connectivity index (χ2v) is 4.15. The first-order valence-electron chi connectivity index (χ1n) is 6.12. The molecule has 5 nitrogen and oxygen atoms in total. The zero-order chi connectivity index (χ0) is 13.1. The maximum atomic E-state index is 8.92. The second kappa shape index (κ2) is 5.07. The number of nitrogens with zero attached hydrogens (tertiary/aromatic N) is 3. The lowest BCUT2D eigenvalue weighted by Crippen LogP contribution is -2.09. The van der Waals surface area contributed by atoms with E-state index in [2.05, 4.69) is 15.3 Å². The van der Waals surface area contributed by atoms with Crippen molar-refractivity contribution in [2.24, 2.45) is 0 Å². The molecule has 96 valence electrons. The minimum Gasteiger partial charge on any atom is -0.395 e. The van der Waals surface area contributed by atoms with Crippen molar-refractivity contribution in [3.8, 4) is 11.3 Å². The van der Waals surface area contributed by atoms with Gasteiger partial charge in [0, 0.05) is 30.7 Å². The van der Waals surface area contributed by atoms with E-state index in [0.29, 0.717) is 12.4 Å². The summed E-state index contributed by atoms with van der Waals surface area (Å²) in [5, 5.41) is 12.0. The van der Waals surface area contributed by atoms with Gasteiger partial charge < -0.3 is 14.8 Å². The lowest BCUT2D eigenvalue weighted by atomic mass is 10.2. The van der Waals surface area contributed by atoms with E-state index in [1.165, 1.54) is 0 Å². The fourth-order valence-corrected chi connectivity index (χ4v) is 1.97. The van der Waals surface area contributed by atoms with Crippen LogP contribution in [0.4, 0.5) is 5.82 Å². The summed E-state index contributed by atoms with van der Waals surface area (Å²) >= 11 is 0. The molecule has 0 aliphatic carbocycles. The molecule has 0 saturated heterocycles. The molecule has 0 aliphatic heterocycles. The van der Waals surface area contributed by atoms with Crippen molar-refractivity contribution in [3.63, 3.8) is 0 Å². The number of fused-ring (bicyclic) bond motifs is 1. The summed E-state index contributed by atoms with van der Waals surface area (Å²) in [7, 11) is 0. The summed E-state index contributed by atoms with van der Waals surface area (Å²) in [6.45, 7) is 0.512. The van der Waals surface area contributed by atoms with Crippen LogP contribution in [-0.4, -0.2) is 32.6 Å². The highest BCUT2D eigenvalue weighted by molar-refractivity contribution is 5.69. The first-order chi connectivity index (χ1) is 9.38. The number of aliphatic hydroxyl groups is 1. The molecule has 2 aromatic heterocycles. The van der Waals surface area contributed by atoms with E-state index in [9.17, 15) is 0 Å². The molecule has 1 aromatic carbocycles. The monoisotopic (exact) mass is 254 g/mol. The molecule has 0 atom stereocenters. The van der Waals surface area contributed by atoms with Crippen LogP contribution in [0.3, 0.4) is 0 Å². The van der Waals surface area contributed by atoms with Gasteiger partial charge in [-0.3, -0.25) is 0 Å². The fourth-order valence-electron chi connectivity index (χ4n) is 1.97. The number of hydrogen-bond acceptors (Lipinski definition) is 4. The van der Waals surface area contributed by atoms with Crippen molar-refractivity contribution in [1.29, 1.82) is 0 Å². The Kier molecular flexibility index (Phi) is 3.12. The molecule has 0 aliphatic rings. The number of aromatic nitrogens is 3. The van der Waals surface area contributed by atoms with Crippen molar-refractivity contribution in [1.82, 2.24) is 14.4 Å². The van der Waals surface area contributed by atoms with Crippen molar-refractivity contribution in [3.05, 3.63) is 48.9 Å². The topological polar surface area (TPSA) is 62.5 Å². The minimum atomic E-state index is 0.0596. The molecule has 0 spiro atoms. The third-order valence-electron chi connectivity index (χ3n) is 2.85. The van der Waals surface area contributed by atoms with Crippen LogP contribution in [-0.2, 0) is 0 Å². The standard InChI is InChI=1S/C14H14N4O/c19-9-7-15-13-14-16-6-8-18(14)10-12(17-13)11-4-2-1-3-5-11/h1-6,8,10,19H,7,9H2,(H,15,17). The van der Waals surface area contributed by atoms with Gasteiger partial charge in [-0.05, 0) is 0 Å². The Morgan fingerprint density at radius 3 is 2.84 bits per heavy atom. The smallest absolute Gasteiger partial charge is 0.180 e. The van der Waals surface area contributed by atoms with Gasteiger partial charge in [-0.25, -0.2) is 9.97 Å². The van der Waals surface area contributed by atoms with Gasteiger partial charge in [-0.2, -0.15) is 0 Å². The van der Waals surface area contributed by atoms with Gasteiger partial charge in [0.25, 0.3) is 0 Å². The number of imidazole rings is 1. The molecule has 2 heterocycles. The minimum absolute atomic E-state index is 0.0596. The van der Waals surface area contributed by atoms with Crippen molar-refractivity contribution in [2.45, 2.75) is 0 Å². The van der Waals surface area contributed by atoms with E-state index in [1.54, 1.807) is 6.20 Å². The van der Waals surface area contributed by atoms with Crippen LogP contribution in [0.1, 0.15) is 0 Å². The number of anilines is 1. The molecule has 0 bridgehead atoms. The Bertz CT molecular complexity index is 678. The van der Waals surface area contributed by atoms with E-state index in [1.807, 2.05) is 47.1 Å². The Morgan fingerprint density at radius 2 is 2.05 bits per heavy atom. The molecule has 0 radical (unpaired) electrons. The van der Waals surface area contributed by atoms with Crippen LogP contribution < -0.4 is 5.32 Å². The average molecular weight is 254 g/mol. The SMILES string of the molecule is OCCNc1nc(-c2ccccc2)cn2ccnc12.